The lowest BCUT2D eigenvalue weighted by Gasteiger charge is -2.16. The zero-order chi connectivity index (χ0) is 14.5. The van der Waals surface area contributed by atoms with E-state index < -0.39 is 18.2 Å². The molecule has 0 radical (unpaired) electrons. The maximum Gasteiger partial charge on any atom is 0.336 e. The van der Waals surface area contributed by atoms with Crippen LogP contribution in [0, 0.1) is 0 Å². The SMILES string of the molecule is C[C@H](OC(=O)[C@H]1CCCO1)C(=O)Nc1cccc(Br)c1. The second-order valence-corrected chi connectivity index (χ2v) is 5.50. The molecule has 1 aliphatic rings. The van der Waals surface area contributed by atoms with Crippen molar-refractivity contribution < 1.29 is 19.1 Å². The number of rotatable bonds is 4. The Morgan fingerprint density at radius 3 is 2.95 bits per heavy atom. The summed E-state index contributed by atoms with van der Waals surface area (Å²) in [5, 5.41) is 2.69. The lowest BCUT2D eigenvalue weighted by Crippen LogP contribution is -2.33. The molecule has 108 valence electrons. The molecule has 0 aliphatic carbocycles. The third kappa shape index (κ3) is 4.05. The highest BCUT2D eigenvalue weighted by molar-refractivity contribution is 9.10. The lowest BCUT2D eigenvalue weighted by atomic mass is 10.2. The van der Waals surface area contributed by atoms with Crippen molar-refractivity contribution in [2.45, 2.75) is 32.0 Å². The van der Waals surface area contributed by atoms with Crippen LogP contribution in [0.1, 0.15) is 19.8 Å². The molecule has 0 saturated carbocycles. The number of esters is 1. The van der Waals surface area contributed by atoms with Crippen molar-refractivity contribution in [2.75, 3.05) is 11.9 Å². The fourth-order valence-corrected chi connectivity index (χ4v) is 2.28. The van der Waals surface area contributed by atoms with Gasteiger partial charge in [0, 0.05) is 16.8 Å². The van der Waals surface area contributed by atoms with Crippen LogP contribution < -0.4 is 5.32 Å². The number of carbonyl (C=O) groups excluding carboxylic acids is 2. The second kappa shape index (κ2) is 6.85. The summed E-state index contributed by atoms with van der Waals surface area (Å²) in [5.41, 5.74) is 0.643. The smallest absolute Gasteiger partial charge is 0.336 e. The lowest BCUT2D eigenvalue weighted by molar-refractivity contribution is -0.162. The molecular weight excluding hydrogens is 326 g/mol. The molecule has 1 N–H and O–H groups in total. The van der Waals surface area contributed by atoms with E-state index in [0.717, 1.165) is 10.9 Å². The molecule has 2 atom stereocenters. The van der Waals surface area contributed by atoms with Crippen molar-refractivity contribution in [3.8, 4) is 0 Å². The number of benzene rings is 1. The van der Waals surface area contributed by atoms with Gasteiger partial charge < -0.3 is 14.8 Å². The molecule has 1 aromatic rings. The van der Waals surface area contributed by atoms with E-state index in [0.29, 0.717) is 18.7 Å². The van der Waals surface area contributed by atoms with Gasteiger partial charge in [0.05, 0.1) is 0 Å². The van der Waals surface area contributed by atoms with Crippen molar-refractivity contribution in [3.05, 3.63) is 28.7 Å². The first kappa shape index (κ1) is 15.0. The van der Waals surface area contributed by atoms with Gasteiger partial charge in [-0.2, -0.15) is 0 Å². The molecule has 1 aliphatic heterocycles. The van der Waals surface area contributed by atoms with E-state index in [1.54, 1.807) is 19.1 Å². The van der Waals surface area contributed by atoms with E-state index in [4.69, 9.17) is 9.47 Å². The number of anilines is 1. The molecule has 0 aromatic heterocycles. The topological polar surface area (TPSA) is 64.6 Å². The molecule has 0 bridgehead atoms. The van der Waals surface area contributed by atoms with Gasteiger partial charge in [0.15, 0.2) is 12.2 Å². The Morgan fingerprint density at radius 2 is 2.30 bits per heavy atom. The minimum atomic E-state index is -0.856. The van der Waals surface area contributed by atoms with Crippen molar-refractivity contribution in [3.63, 3.8) is 0 Å². The Balaban J connectivity index is 1.86. The molecule has 0 unspecified atom stereocenters. The predicted octanol–water partition coefficient (Wildman–Crippen LogP) is 2.50. The van der Waals surface area contributed by atoms with Crippen LogP contribution in [0.15, 0.2) is 28.7 Å². The van der Waals surface area contributed by atoms with E-state index in [1.165, 1.54) is 0 Å². The van der Waals surface area contributed by atoms with Crippen molar-refractivity contribution >= 4 is 33.5 Å². The summed E-state index contributed by atoms with van der Waals surface area (Å²) in [5.74, 6) is -0.839. The number of amides is 1. The summed E-state index contributed by atoms with van der Waals surface area (Å²) in [7, 11) is 0. The third-order valence-corrected chi connectivity index (χ3v) is 3.44. The summed E-state index contributed by atoms with van der Waals surface area (Å²) in [4.78, 5) is 23.7. The van der Waals surface area contributed by atoms with Gasteiger partial charge in [0.1, 0.15) is 0 Å². The molecule has 1 amide bonds. The Morgan fingerprint density at radius 1 is 1.50 bits per heavy atom. The van der Waals surface area contributed by atoms with Gasteiger partial charge in [-0.3, -0.25) is 4.79 Å². The van der Waals surface area contributed by atoms with E-state index in [9.17, 15) is 9.59 Å². The Labute approximate surface area is 125 Å². The van der Waals surface area contributed by atoms with Crippen LogP contribution in [0.4, 0.5) is 5.69 Å². The average Bonchev–Trinajstić information content (AvgIpc) is 2.92. The highest BCUT2D eigenvalue weighted by Gasteiger charge is 2.28. The van der Waals surface area contributed by atoms with Crippen LogP contribution in [-0.2, 0) is 19.1 Å². The maximum absolute atomic E-state index is 11.9. The molecule has 1 aromatic carbocycles. The standard InChI is InChI=1S/C14H16BrNO4/c1-9(20-14(18)12-6-3-7-19-12)13(17)16-11-5-2-4-10(15)8-11/h2,4-5,8-9,12H,3,6-7H2,1H3,(H,16,17)/t9-,12+/m0/s1. The molecule has 5 nitrogen and oxygen atoms in total. The van der Waals surface area contributed by atoms with Crippen LogP contribution in [0.5, 0.6) is 0 Å². The van der Waals surface area contributed by atoms with Gasteiger partial charge in [-0.15, -0.1) is 0 Å². The van der Waals surface area contributed by atoms with Crippen molar-refractivity contribution in [1.29, 1.82) is 0 Å². The second-order valence-electron chi connectivity index (χ2n) is 4.58. The number of nitrogens with one attached hydrogen (secondary N) is 1. The Bertz CT molecular complexity index is 500. The third-order valence-electron chi connectivity index (χ3n) is 2.95. The molecule has 2 rings (SSSR count). The zero-order valence-electron chi connectivity index (χ0n) is 11.1. The molecule has 1 heterocycles. The van der Waals surface area contributed by atoms with E-state index in [-0.39, 0.29) is 5.91 Å². The first-order valence-electron chi connectivity index (χ1n) is 6.45. The van der Waals surface area contributed by atoms with Crippen LogP contribution in [0.3, 0.4) is 0 Å². The maximum atomic E-state index is 11.9. The molecule has 6 heteroatoms. The zero-order valence-corrected chi connectivity index (χ0v) is 12.7. The first-order valence-corrected chi connectivity index (χ1v) is 7.24. The Kier molecular flexibility index (Phi) is 5.14. The summed E-state index contributed by atoms with van der Waals surface area (Å²) in [6.45, 7) is 2.11. The average molecular weight is 342 g/mol. The quantitative estimate of drug-likeness (QED) is 0.854. The number of ether oxygens (including phenoxy) is 2. The largest absolute Gasteiger partial charge is 0.451 e. The fraction of sp³-hybridized carbons (Fsp3) is 0.429. The van der Waals surface area contributed by atoms with Gasteiger partial charge in [0.25, 0.3) is 5.91 Å². The van der Waals surface area contributed by atoms with Gasteiger partial charge in [-0.05, 0) is 38.0 Å². The van der Waals surface area contributed by atoms with Crippen LogP contribution in [0.2, 0.25) is 0 Å². The molecule has 1 saturated heterocycles. The van der Waals surface area contributed by atoms with E-state index in [2.05, 4.69) is 21.2 Å². The van der Waals surface area contributed by atoms with Gasteiger partial charge in [-0.25, -0.2) is 4.79 Å². The van der Waals surface area contributed by atoms with Crippen molar-refractivity contribution in [2.24, 2.45) is 0 Å². The monoisotopic (exact) mass is 341 g/mol. The highest BCUT2D eigenvalue weighted by atomic mass is 79.9. The number of carbonyl (C=O) groups is 2. The molecule has 1 fully saturated rings. The Hall–Kier alpha value is -1.40. The minimum Gasteiger partial charge on any atom is -0.451 e. The summed E-state index contributed by atoms with van der Waals surface area (Å²) < 4.78 is 11.2. The summed E-state index contributed by atoms with van der Waals surface area (Å²) >= 11 is 3.32. The highest BCUT2D eigenvalue weighted by Crippen LogP contribution is 2.17. The van der Waals surface area contributed by atoms with Crippen LogP contribution in [0.25, 0.3) is 0 Å². The van der Waals surface area contributed by atoms with Gasteiger partial charge in [-0.1, -0.05) is 22.0 Å². The van der Waals surface area contributed by atoms with E-state index >= 15 is 0 Å². The minimum absolute atomic E-state index is 0.366. The number of hydrogen-bond acceptors (Lipinski definition) is 4. The molecular formula is C14H16BrNO4. The van der Waals surface area contributed by atoms with Crippen LogP contribution >= 0.6 is 15.9 Å². The number of hydrogen-bond donors (Lipinski definition) is 1. The normalized spacial score (nSPS) is 19.4. The fourth-order valence-electron chi connectivity index (χ4n) is 1.88. The van der Waals surface area contributed by atoms with Gasteiger partial charge in [0.2, 0.25) is 0 Å². The molecule has 20 heavy (non-hydrogen) atoms. The first-order chi connectivity index (χ1) is 9.56. The summed E-state index contributed by atoms with van der Waals surface area (Å²) in [6.07, 6.45) is 0.110. The van der Waals surface area contributed by atoms with Crippen molar-refractivity contribution in [1.82, 2.24) is 0 Å². The number of halogens is 1. The van der Waals surface area contributed by atoms with Gasteiger partial charge >= 0.3 is 5.97 Å². The van der Waals surface area contributed by atoms with E-state index in [1.807, 2.05) is 12.1 Å². The van der Waals surface area contributed by atoms with Crippen LogP contribution in [-0.4, -0.2) is 30.7 Å². The predicted molar refractivity (Wildman–Crippen MR) is 77.3 cm³/mol. The summed E-state index contributed by atoms with van der Waals surface area (Å²) in [6, 6.07) is 7.20. The molecule has 0 spiro atoms.